The predicted octanol–water partition coefficient (Wildman–Crippen LogP) is 3.67. The fraction of sp³-hybridized carbons (Fsp3) is 0.444. The molecule has 0 saturated carbocycles. The second-order valence-corrected chi connectivity index (χ2v) is 9.88. The molecule has 1 aromatic heterocycles. The molecule has 9 heteroatoms. The maximum atomic E-state index is 13.6. The Hall–Kier alpha value is -3.59. The Bertz CT molecular complexity index is 1190. The number of fused-ring (bicyclic) bond motifs is 1. The van der Waals surface area contributed by atoms with Crippen LogP contribution in [0.1, 0.15) is 58.3 Å². The number of carbonyl (C=O) groups excluding carboxylic acids is 3. The van der Waals surface area contributed by atoms with Crippen molar-refractivity contribution in [1.82, 2.24) is 15.2 Å². The summed E-state index contributed by atoms with van der Waals surface area (Å²) < 4.78 is 16.4. The summed E-state index contributed by atoms with van der Waals surface area (Å²) in [6.45, 7) is 6.36. The molecule has 1 heterocycles. The average molecular weight is 498 g/mol. The van der Waals surface area contributed by atoms with Gasteiger partial charge in [0.1, 0.15) is 5.60 Å². The molecule has 0 radical (unpaired) electrons. The van der Waals surface area contributed by atoms with Gasteiger partial charge in [0.25, 0.3) is 0 Å². The van der Waals surface area contributed by atoms with Crippen molar-refractivity contribution in [2.24, 2.45) is 0 Å². The Balaban J connectivity index is 1.92. The van der Waals surface area contributed by atoms with E-state index >= 15 is 0 Å². The lowest BCUT2D eigenvalue weighted by Gasteiger charge is -2.21. The number of Topliss-reactive ketones (excluding diaryl/α,β-unsaturated/α-hetero) is 1. The molecule has 3 rings (SSSR count). The zero-order valence-corrected chi connectivity index (χ0v) is 22.0. The van der Waals surface area contributed by atoms with Gasteiger partial charge >= 0.3 is 6.09 Å². The Morgan fingerprint density at radius 3 is 2.36 bits per heavy atom. The van der Waals surface area contributed by atoms with Gasteiger partial charge in [0, 0.05) is 30.4 Å². The highest BCUT2D eigenvalue weighted by Crippen LogP contribution is 2.41. The first-order valence-electron chi connectivity index (χ1n) is 11.8. The summed E-state index contributed by atoms with van der Waals surface area (Å²) in [4.78, 5) is 43.9. The van der Waals surface area contributed by atoms with E-state index in [1.54, 1.807) is 33.0 Å². The van der Waals surface area contributed by atoms with Gasteiger partial charge in [-0.05, 0) is 71.0 Å². The molecule has 2 aromatic rings. The van der Waals surface area contributed by atoms with Crippen molar-refractivity contribution in [2.45, 2.75) is 39.2 Å². The van der Waals surface area contributed by atoms with Gasteiger partial charge in [-0.25, -0.2) is 4.79 Å². The number of methoxy groups -OCH3 is 2. The number of ketones is 2. The number of nitrogens with one attached hydrogen (secondary N) is 2. The largest absolute Gasteiger partial charge is 0.493 e. The first-order valence-corrected chi connectivity index (χ1v) is 11.8. The number of aromatic amines is 1. The highest BCUT2D eigenvalue weighted by Gasteiger charge is 2.33. The summed E-state index contributed by atoms with van der Waals surface area (Å²) in [5.41, 5.74) is 2.31. The third-order valence-corrected chi connectivity index (χ3v) is 5.75. The first kappa shape index (κ1) is 27.0. The minimum atomic E-state index is -0.604. The molecule has 36 heavy (non-hydrogen) atoms. The Morgan fingerprint density at radius 2 is 1.75 bits per heavy atom. The number of amides is 1. The predicted molar refractivity (Wildman–Crippen MR) is 137 cm³/mol. The molecular formula is C27H35N3O6. The lowest BCUT2D eigenvalue weighted by Crippen LogP contribution is -2.33. The van der Waals surface area contributed by atoms with Crippen LogP contribution in [0.2, 0.25) is 0 Å². The number of allylic oxidation sites excluding steroid dienone is 2. The van der Waals surface area contributed by atoms with E-state index in [0.29, 0.717) is 41.0 Å². The minimum Gasteiger partial charge on any atom is -0.493 e. The molecule has 1 aliphatic rings. The van der Waals surface area contributed by atoms with Crippen molar-refractivity contribution < 1.29 is 28.6 Å². The van der Waals surface area contributed by atoms with Crippen LogP contribution in [-0.4, -0.2) is 74.5 Å². The summed E-state index contributed by atoms with van der Waals surface area (Å²) in [6.07, 6.45) is 3.50. The lowest BCUT2D eigenvalue weighted by molar-refractivity contribution is 0.0528. The number of benzene rings is 1. The molecule has 9 nitrogen and oxygen atoms in total. The van der Waals surface area contributed by atoms with E-state index in [-0.39, 0.29) is 29.4 Å². The van der Waals surface area contributed by atoms with Gasteiger partial charge in [0.2, 0.25) is 5.78 Å². The standard InChI is InChI=1S/C27H35N3O6/c1-27(2,3)36-26(33)28-12-10-17-15-29-23-22(17)19(31)14-18(24(23)32)21-16(11-13-30(4)5)8-9-20(34-6)25(21)35-7/h8-9,14-15,29H,10-13H2,1-7H3,(H,28,33). The SMILES string of the molecule is COc1ccc(CCN(C)C)c(C2=CC(=O)c3c(CCNC(=O)OC(C)(C)C)c[nH]c3C2=O)c1OC. The number of alkyl carbamates (subject to hydrolysis) is 1. The van der Waals surface area contributed by atoms with E-state index < -0.39 is 11.7 Å². The van der Waals surface area contributed by atoms with Crippen molar-refractivity contribution in [1.29, 1.82) is 0 Å². The fourth-order valence-electron chi connectivity index (χ4n) is 4.14. The molecule has 0 fully saturated rings. The van der Waals surface area contributed by atoms with Gasteiger partial charge < -0.3 is 29.4 Å². The molecule has 194 valence electrons. The number of ether oxygens (including phenoxy) is 3. The molecule has 0 atom stereocenters. The number of aromatic nitrogens is 1. The van der Waals surface area contributed by atoms with E-state index in [1.165, 1.54) is 20.3 Å². The van der Waals surface area contributed by atoms with Gasteiger partial charge in [-0.15, -0.1) is 0 Å². The summed E-state index contributed by atoms with van der Waals surface area (Å²) >= 11 is 0. The first-order chi connectivity index (χ1) is 17.0. The molecule has 0 saturated heterocycles. The highest BCUT2D eigenvalue weighted by molar-refractivity contribution is 6.39. The van der Waals surface area contributed by atoms with Crippen molar-refractivity contribution in [2.75, 3.05) is 41.4 Å². The quantitative estimate of drug-likeness (QED) is 0.544. The van der Waals surface area contributed by atoms with Crippen LogP contribution in [0.5, 0.6) is 11.5 Å². The molecule has 1 amide bonds. The van der Waals surface area contributed by atoms with Crippen molar-refractivity contribution >= 4 is 23.2 Å². The van der Waals surface area contributed by atoms with Crippen LogP contribution in [0.3, 0.4) is 0 Å². The number of hydrogen-bond acceptors (Lipinski definition) is 7. The highest BCUT2D eigenvalue weighted by atomic mass is 16.6. The van der Waals surface area contributed by atoms with Crippen LogP contribution < -0.4 is 14.8 Å². The smallest absolute Gasteiger partial charge is 0.407 e. The van der Waals surface area contributed by atoms with E-state index in [2.05, 4.69) is 10.3 Å². The van der Waals surface area contributed by atoms with Crippen LogP contribution in [0.25, 0.3) is 5.57 Å². The van der Waals surface area contributed by atoms with Crippen LogP contribution in [0, 0.1) is 0 Å². The van der Waals surface area contributed by atoms with Crippen LogP contribution in [-0.2, 0) is 17.6 Å². The van der Waals surface area contributed by atoms with Gasteiger partial charge in [0.15, 0.2) is 17.3 Å². The minimum absolute atomic E-state index is 0.230. The molecule has 0 bridgehead atoms. The van der Waals surface area contributed by atoms with E-state index in [4.69, 9.17) is 14.2 Å². The normalized spacial score (nSPS) is 13.4. The Morgan fingerprint density at radius 1 is 1.03 bits per heavy atom. The third kappa shape index (κ3) is 5.96. The van der Waals surface area contributed by atoms with Gasteiger partial charge in [0.05, 0.1) is 25.5 Å². The maximum Gasteiger partial charge on any atom is 0.407 e. The number of H-pyrrole nitrogens is 1. The maximum absolute atomic E-state index is 13.6. The lowest BCUT2D eigenvalue weighted by atomic mass is 9.85. The monoisotopic (exact) mass is 497 g/mol. The van der Waals surface area contributed by atoms with Crippen LogP contribution in [0.4, 0.5) is 4.79 Å². The van der Waals surface area contributed by atoms with Crippen LogP contribution >= 0.6 is 0 Å². The van der Waals surface area contributed by atoms with Crippen molar-refractivity contribution in [3.8, 4) is 11.5 Å². The van der Waals surface area contributed by atoms with Crippen molar-refractivity contribution in [3.05, 3.63) is 52.4 Å². The molecule has 0 aliphatic heterocycles. The van der Waals surface area contributed by atoms with Gasteiger partial charge in [-0.2, -0.15) is 0 Å². The summed E-state index contributed by atoms with van der Waals surface area (Å²) in [5, 5.41) is 2.68. The number of hydrogen-bond donors (Lipinski definition) is 2. The molecule has 2 N–H and O–H groups in total. The van der Waals surface area contributed by atoms with E-state index in [1.807, 2.05) is 25.1 Å². The molecule has 1 aliphatic carbocycles. The molecule has 0 unspecified atom stereocenters. The van der Waals surface area contributed by atoms with Crippen LogP contribution in [0.15, 0.2) is 24.4 Å². The number of carbonyl (C=O) groups is 3. The summed E-state index contributed by atoms with van der Waals surface area (Å²) in [7, 11) is 6.99. The zero-order valence-electron chi connectivity index (χ0n) is 22.0. The third-order valence-electron chi connectivity index (χ3n) is 5.75. The summed E-state index contributed by atoms with van der Waals surface area (Å²) in [5.74, 6) is 0.316. The Kier molecular flexibility index (Phi) is 8.24. The molecular weight excluding hydrogens is 462 g/mol. The van der Waals surface area contributed by atoms with Crippen molar-refractivity contribution in [3.63, 3.8) is 0 Å². The van der Waals surface area contributed by atoms with E-state index in [0.717, 1.165) is 12.1 Å². The number of likely N-dealkylation sites (N-methyl/N-ethyl adjacent to an activating group) is 1. The molecule has 1 aromatic carbocycles. The number of rotatable bonds is 9. The van der Waals surface area contributed by atoms with Gasteiger partial charge in [-0.3, -0.25) is 9.59 Å². The van der Waals surface area contributed by atoms with E-state index in [9.17, 15) is 14.4 Å². The second-order valence-electron chi connectivity index (χ2n) is 9.88. The Labute approximate surface area is 211 Å². The topological polar surface area (TPSA) is 110 Å². The number of nitrogens with zero attached hydrogens (tertiary/aromatic N) is 1. The fourth-order valence-corrected chi connectivity index (χ4v) is 4.14. The average Bonchev–Trinajstić information content (AvgIpc) is 3.23. The molecule has 0 spiro atoms. The van der Waals surface area contributed by atoms with Gasteiger partial charge in [-0.1, -0.05) is 6.07 Å². The summed E-state index contributed by atoms with van der Waals surface area (Å²) in [6, 6.07) is 3.70. The zero-order chi connectivity index (χ0) is 26.6. The second kappa shape index (κ2) is 11.0.